The van der Waals surface area contributed by atoms with E-state index in [0.29, 0.717) is 19.3 Å². The zero-order valence-corrected chi connectivity index (χ0v) is 5.37. The topological polar surface area (TPSA) is 43.4 Å². The maximum Gasteiger partial charge on any atom is 0.293 e. The summed E-state index contributed by atoms with van der Waals surface area (Å²) in [5.74, 6) is 0. The molecule has 0 radical (unpaired) electrons. The van der Waals surface area contributed by atoms with Gasteiger partial charge < -0.3 is 9.53 Å². The van der Waals surface area contributed by atoms with E-state index in [0.717, 1.165) is 6.29 Å². The van der Waals surface area contributed by atoms with Crippen molar-refractivity contribution in [3.8, 4) is 0 Å². The Labute approximate surface area is 54.0 Å². The number of hydrogen-bond donors (Lipinski definition) is 0. The van der Waals surface area contributed by atoms with E-state index in [9.17, 15) is 9.59 Å². The minimum absolute atomic E-state index is 0.222. The Morgan fingerprint density at radius 3 is 2.56 bits per heavy atom. The van der Waals surface area contributed by atoms with Crippen molar-refractivity contribution in [2.24, 2.45) is 0 Å². The molecule has 0 fully saturated rings. The van der Waals surface area contributed by atoms with Crippen molar-refractivity contribution in [2.75, 3.05) is 0 Å². The molecule has 0 aliphatic heterocycles. The Kier molecular flexibility index (Phi) is 4.78. The van der Waals surface area contributed by atoms with Crippen molar-refractivity contribution in [1.82, 2.24) is 0 Å². The molecule has 0 rings (SSSR count). The second-order valence-corrected chi connectivity index (χ2v) is 1.66. The maximum absolute atomic E-state index is 9.85. The second-order valence-electron chi connectivity index (χ2n) is 1.66. The van der Waals surface area contributed by atoms with Gasteiger partial charge in [-0.3, -0.25) is 4.79 Å². The van der Waals surface area contributed by atoms with Gasteiger partial charge in [0.2, 0.25) is 0 Å². The van der Waals surface area contributed by atoms with Gasteiger partial charge in [-0.2, -0.15) is 0 Å². The summed E-state index contributed by atoms with van der Waals surface area (Å²) >= 11 is 0. The summed E-state index contributed by atoms with van der Waals surface area (Å²) in [6, 6.07) is 0. The molecule has 0 saturated heterocycles. The van der Waals surface area contributed by atoms with Crippen LogP contribution in [-0.4, -0.2) is 18.9 Å². The molecule has 0 spiro atoms. The quantitative estimate of drug-likeness (QED) is 0.510. The smallest absolute Gasteiger partial charge is 0.293 e. The molecule has 0 amide bonds. The molecule has 0 aromatic heterocycles. The Balaban J connectivity index is 3.39. The standard InChI is InChI=1S/C6H10O3/c1-2-6(3-4-7)9-5-8/h4-6H,2-3H2,1H3/t6-/m0/s1. The van der Waals surface area contributed by atoms with Crippen LogP contribution in [0.2, 0.25) is 0 Å². The van der Waals surface area contributed by atoms with Gasteiger partial charge in [0, 0.05) is 6.42 Å². The van der Waals surface area contributed by atoms with E-state index >= 15 is 0 Å². The van der Waals surface area contributed by atoms with E-state index in [1.807, 2.05) is 6.92 Å². The number of carbonyl (C=O) groups is 2. The zero-order valence-electron chi connectivity index (χ0n) is 5.37. The summed E-state index contributed by atoms with van der Waals surface area (Å²) < 4.78 is 4.52. The fraction of sp³-hybridized carbons (Fsp3) is 0.667. The first-order valence-electron chi connectivity index (χ1n) is 2.87. The Bertz CT molecular complexity index is 80.3. The van der Waals surface area contributed by atoms with Crippen LogP contribution >= 0.6 is 0 Å². The largest absolute Gasteiger partial charge is 0.464 e. The molecule has 0 heterocycles. The third kappa shape index (κ3) is 3.70. The van der Waals surface area contributed by atoms with Crippen LogP contribution in [0.15, 0.2) is 0 Å². The fourth-order valence-electron chi connectivity index (χ4n) is 0.504. The van der Waals surface area contributed by atoms with Crippen molar-refractivity contribution in [1.29, 1.82) is 0 Å². The van der Waals surface area contributed by atoms with Crippen molar-refractivity contribution in [3.05, 3.63) is 0 Å². The van der Waals surface area contributed by atoms with E-state index in [1.165, 1.54) is 0 Å². The van der Waals surface area contributed by atoms with Crippen LogP contribution in [0.4, 0.5) is 0 Å². The highest BCUT2D eigenvalue weighted by atomic mass is 16.5. The van der Waals surface area contributed by atoms with Gasteiger partial charge in [-0.25, -0.2) is 0 Å². The molecular formula is C6H10O3. The molecule has 0 aromatic rings. The molecule has 0 N–H and O–H groups in total. The van der Waals surface area contributed by atoms with Crippen molar-refractivity contribution < 1.29 is 14.3 Å². The Morgan fingerprint density at radius 1 is 1.56 bits per heavy atom. The third-order valence-electron chi connectivity index (χ3n) is 1.06. The van der Waals surface area contributed by atoms with E-state index in [-0.39, 0.29) is 6.10 Å². The highest BCUT2D eigenvalue weighted by Gasteiger charge is 2.02. The second kappa shape index (κ2) is 5.28. The molecule has 3 nitrogen and oxygen atoms in total. The average Bonchev–Trinajstić information content (AvgIpc) is 1.88. The number of rotatable bonds is 5. The molecule has 0 saturated carbocycles. The summed E-state index contributed by atoms with van der Waals surface area (Å²) in [5.41, 5.74) is 0. The van der Waals surface area contributed by atoms with Crippen molar-refractivity contribution in [3.63, 3.8) is 0 Å². The number of carbonyl (C=O) groups excluding carboxylic acids is 2. The lowest BCUT2D eigenvalue weighted by Crippen LogP contribution is -2.10. The molecule has 0 bridgehead atoms. The van der Waals surface area contributed by atoms with Crippen LogP contribution < -0.4 is 0 Å². The lowest BCUT2D eigenvalue weighted by molar-refractivity contribution is -0.134. The van der Waals surface area contributed by atoms with Gasteiger partial charge in [-0.15, -0.1) is 0 Å². The highest BCUT2D eigenvalue weighted by molar-refractivity contribution is 5.50. The molecule has 52 valence electrons. The van der Waals surface area contributed by atoms with Crippen LogP contribution in [-0.2, 0) is 14.3 Å². The van der Waals surface area contributed by atoms with Crippen LogP contribution in [0.5, 0.6) is 0 Å². The van der Waals surface area contributed by atoms with E-state index in [1.54, 1.807) is 0 Å². The molecule has 0 aromatic carbocycles. The van der Waals surface area contributed by atoms with Gasteiger partial charge in [-0.1, -0.05) is 6.92 Å². The monoisotopic (exact) mass is 130 g/mol. The third-order valence-corrected chi connectivity index (χ3v) is 1.06. The first-order valence-corrected chi connectivity index (χ1v) is 2.87. The zero-order chi connectivity index (χ0) is 7.11. The molecular weight excluding hydrogens is 120 g/mol. The summed E-state index contributed by atoms with van der Waals surface area (Å²) in [6.45, 7) is 2.23. The molecule has 9 heavy (non-hydrogen) atoms. The minimum Gasteiger partial charge on any atom is -0.464 e. The Morgan fingerprint density at radius 2 is 2.22 bits per heavy atom. The van der Waals surface area contributed by atoms with Gasteiger partial charge >= 0.3 is 0 Å². The van der Waals surface area contributed by atoms with Crippen molar-refractivity contribution >= 4 is 12.8 Å². The van der Waals surface area contributed by atoms with Crippen molar-refractivity contribution in [2.45, 2.75) is 25.9 Å². The number of ether oxygens (including phenoxy) is 1. The lowest BCUT2D eigenvalue weighted by Gasteiger charge is -2.06. The van der Waals surface area contributed by atoms with Gasteiger partial charge in [-0.05, 0) is 6.42 Å². The van der Waals surface area contributed by atoms with Gasteiger partial charge in [0.1, 0.15) is 12.4 Å². The number of hydrogen-bond acceptors (Lipinski definition) is 3. The van der Waals surface area contributed by atoms with Crippen LogP contribution in [0.25, 0.3) is 0 Å². The number of aldehydes is 1. The highest BCUT2D eigenvalue weighted by Crippen LogP contribution is 1.98. The van der Waals surface area contributed by atoms with Crippen LogP contribution in [0.1, 0.15) is 19.8 Å². The normalized spacial score (nSPS) is 12.1. The lowest BCUT2D eigenvalue weighted by atomic mass is 10.2. The predicted molar refractivity (Wildman–Crippen MR) is 31.9 cm³/mol. The maximum atomic E-state index is 9.85. The van der Waals surface area contributed by atoms with Gasteiger partial charge in [0.15, 0.2) is 0 Å². The van der Waals surface area contributed by atoms with Gasteiger partial charge in [0.25, 0.3) is 6.47 Å². The predicted octanol–water partition coefficient (Wildman–Crippen LogP) is 0.527. The SMILES string of the molecule is CC[C@@H](CC=O)OC=O. The summed E-state index contributed by atoms with van der Waals surface area (Å²) in [6.07, 6.45) is 1.52. The van der Waals surface area contributed by atoms with Crippen LogP contribution in [0.3, 0.4) is 0 Å². The summed E-state index contributed by atoms with van der Waals surface area (Å²) in [7, 11) is 0. The van der Waals surface area contributed by atoms with E-state index in [4.69, 9.17) is 0 Å². The van der Waals surface area contributed by atoms with Crippen LogP contribution in [0, 0.1) is 0 Å². The first kappa shape index (κ1) is 8.14. The molecule has 0 unspecified atom stereocenters. The van der Waals surface area contributed by atoms with E-state index in [2.05, 4.69) is 4.74 Å². The summed E-state index contributed by atoms with van der Waals surface area (Å²) in [5, 5.41) is 0. The van der Waals surface area contributed by atoms with E-state index < -0.39 is 0 Å². The van der Waals surface area contributed by atoms with Gasteiger partial charge in [0.05, 0.1) is 0 Å². The minimum atomic E-state index is -0.222. The summed E-state index contributed by atoms with van der Waals surface area (Å²) in [4.78, 5) is 19.6. The Hall–Kier alpha value is -0.860. The molecule has 1 atom stereocenters. The molecule has 0 aliphatic rings. The average molecular weight is 130 g/mol. The fourth-order valence-corrected chi connectivity index (χ4v) is 0.504. The molecule has 0 aliphatic carbocycles. The molecule has 3 heteroatoms. The first-order chi connectivity index (χ1) is 4.35.